The topological polar surface area (TPSA) is 54.2 Å². The third-order valence-corrected chi connectivity index (χ3v) is 4.21. The van der Waals surface area contributed by atoms with Crippen molar-refractivity contribution in [2.75, 3.05) is 13.6 Å². The number of hydrogen-bond donors (Lipinski definition) is 2. The van der Waals surface area contributed by atoms with Crippen molar-refractivity contribution in [3.63, 3.8) is 0 Å². The summed E-state index contributed by atoms with van der Waals surface area (Å²) in [5, 5.41) is 11.8. The molecule has 6 heteroatoms. The first kappa shape index (κ1) is 18.0. The molecule has 0 unspecified atom stereocenters. The SMILES string of the molecule is CN=C(NCCc1ccc(Cl)cc1)NCc1cnn(-c2ccccc2)c1. The van der Waals surface area contributed by atoms with Gasteiger partial charge in [-0.15, -0.1) is 0 Å². The molecular weight excluding hydrogens is 346 g/mol. The van der Waals surface area contributed by atoms with Crippen LogP contribution < -0.4 is 10.6 Å². The summed E-state index contributed by atoms with van der Waals surface area (Å²) in [6.07, 6.45) is 4.79. The first-order valence-corrected chi connectivity index (χ1v) is 8.90. The number of nitrogens with zero attached hydrogens (tertiary/aromatic N) is 3. The van der Waals surface area contributed by atoms with Crippen molar-refractivity contribution >= 4 is 17.6 Å². The predicted molar refractivity (Wildman–Crippen MR) is 107 cm³/mol. The minimum atomic E-state index is 0.660. The van der Waals surface area contributed by atoms with Gasteiger partial charge in [-0.2, -0.15) is 5.10 Å². The lowest BCUT2D eigenvalue weighted by Gasteiger charge is -2.11. The quantitative estimate of drug-likeness (QED) is 0.518. The Hall–Kier alpha value is -2.79. The molecule has 0 amide bonds. The van der Waals surface area contributed by atoms with Gasteiger partial charge in [-0.05, 0) is 36.2 Å². The molecule has 3 rings (SSSR count). The lowest BCUT2D eigenvalue weighted by atomic mass is 10.1. The summed E-state index contributed by atoms with van der Waals surface area (Å²) in [5.41, 5.74) is 3.38. The molecular formula is C20H22ClN5. The normalized spacial score (nSPS) is 11.4. The molecule has 0 aliphatic rings. The summed E-state index contributed by atoms with van der Waals surface area (Å²) in [7, 11) is 1.77. The summed E-state index contributed by atoms with van der Waals surface area (Å²) in [6.45, 7) is 1.46. The van der Waals surface area contributed by atoms with Gasteiger partial charge in [0.2, 0.25) is 0 Å². The first-order chi connectivity index (χ1) is 12.7. The van der Waals surface area contributed by atoms with E-state index in [4.69, 9.17) is 11.6 Å². The highest BCUT2D eigenvalue weighted by atomic mass is 35.5. The van der Waals surface area contributed by atoms with Crippen LogP contribution in [0.5, 0.6) is 0 Å². The second-order valence-corrected chi connectivity index (χ2v) is 6.29. The standard InChI is InChI=1S/C20H22ClN5/c1-22-20(23-12-11-16-7-9-18(21)10-8-16)24-13-17-14-25-26(15-17)19-5-3-2-4-6-19/h2-10,14-15H,11-13H2,1H3,(H2,22,23,24). The van der Waals surface area contributed by atoms with E-state index >= 15 is 0 Å². The zero-order chi connectivity index (χ0) is 18.2. The Morgan fingerprint density at radius 2 is 1.81 bits per heavy atom. The maximum absolute atomic E-state index is 5.91. The molecule has 3 aromatic rings. The maximum atomic E-state index is 5.91. The number of hydrogen-bond acceptors (Lipinski definition) is 2. The van der Waals surface area contributed by atoms with E-state index in [1.807, 2.05) is 71.7 Å². The van der Waals surface area contributed by atoms with E-state index in [2.05, 4.69) is 20.7 Å². The molecule has 0 saturated carbocycles. The summed E-state index contributed by atoms with van der Waals surface area (Å²) < 4.78 is 1.87. The Labute approximate surface area is 158 Å². The maximum Gasteiger partial charge on any atom is 0.191 e. The molecule has 134 valence electrons. The lowest BCUT2D eigenvalue weighted by molar-refractivity contribution is 0.794. The molecule has 1 heterocycles. The molecule has 0 bridgehead atoms. The van der Waals surface area contributed by atoms with Crippen molar-refractivity contribution < 1.29 is 0 Å². The van der Waals surface area contributed by atoms with Crippen LogP contribution in [-0.4, -0.2) is 29.3 Å². The Kier molecular flexibility index (Phi) is 6.28. The van der Waals surface area contributed by atoms with Gasteiger partial charge in [-0.1, -0.05) is 41.9 Å². The number of aliphatic imine (C=N–C) groups is 1. The zero-order valence-electron chi connectivity index (χ0n) is 14.7. The van der Waals surface area contributed by atoms with E-state index in [9.17, 15) is 0 Å². The minimum Gasteiger partial charge on any atom is -0.356 e. The average molecular weight is 368 g/mol. The van der Waals surface area contributed by atoms with Gasteiger partial charge in [0.15, 0.2) is 5.96 Å². The van der Waals surface area contributed by atoms with E-state index in [1.54, 1.807) is 7.05 Å². The summed E-state index contributed by atoms with van der Waals surface area (Å²) in [4.78, 5) is 4.26. The molecule has 0 fully saturated rings. The number of halogens is 1. The van der Waals surface area contributed by atoms with E-state index in [0.29, 0.717) is 6.54 Å². The number of nitrogens with one attached hydrogen (secondary N) is 2. The molecule has 2 aromatic carbocycles. The third-order valence-electron chi connectivity index (χ3n) is 3.96. The number of aromatic nitrogens is 2. The van der Waals surface area contributed by atoms with Gasteiger partial charge < -0.3 is 10.6 Å². The van der Waals surface area contributed by atoms with Crippen LogP contribution in [0.15, 0.2) is 72.0 Å². The molecule has 0 aliphatic carbocycles. The van der Waals surface area contributed by atoms with Crippen molar-refractivity contribution in [1.82, 2.24) is 20.4 Å². The van der Waals surface area contributed by atoms with Crippen molar-refractivity contribution in [2.45, 2.75) is 13.0 Å². The highest BCUT2D eigenvalue weighted by Gasteiger charge is 2.03. The van der Waals surface area contributed by atoms with Crippen LogP contribution in [0.1, 0.15) is 11.1 Å². The van der Waals surface area contributed by atoms with Gasteiger partial charge in [-0.25, -0.2) is 4.68 Å². The number of benzene rings is 2. The fourth-order valence-corrected chi connectivity index (χ4v) is 2.68. The van der Waals surface area contributed by atoms with E-state index in [-0.39, 0.29) is 0 Å². The third kappa shape index (κ3) is 5.10. The minimum absolute atomic E-state index is 0.660. The van der Waals surface area contributed by atoms with Crippen molar-refractivity contribution in [3.8, 4) is 5.69 Å². The summed E-state index contributed by atoms with van der Waals surface area (Å²) >= 11 is 5.91. The van der Waals surface area contributed by atoms with Gasteiger partial charge in [0.25, 0.3) is 0 Å². The Balaban J connectivity index is 1.47. The van der Waals surface area contributed by atoms with Crippen molar-refractivity contribution in [3.05, 3.63) is 83.1 Å². The highest BCUT2D eigenvalue weighted by Crippen LogP contribution is 2.09. The fraction of sp³-hybridized carbons (Fsp3) is 0.200. The molecule has 0 spiro atoms. The summed E-state index contributed by atoms with van der Waals surface area (Å²) in [5.74, 6) is 0.770. The molecule has 0 saturated heterocycles. The van der Waals surface area contributed by atoms with Gasteiger partial charge >= 0.3 is 0 Å². The Bertz CT molecular complexity index is 840. The number of para-hydroxylation sites is 1. The largest absolute Gasteiger partial charge is 0.356 e. The monoisotopic (exact) mass is 367 g/mol. The van der Waals surface area contributed by atoms with Crippen molar-refractivity contribution in [1.29, 1.82) is 0 Å². The molecule has 0 aliphatic heterocycles. The van der Waals surface area contributed by atoms with Crippen LogP contribution in [0.25, 0.3) is 5.69 Å². The Morgan fingerprint density at radius 3 is 2.54 bits per heavy atom. The van der Waals surface area contributed by atoms with Crippen LogP contribution in [0, 0.1) is 0 Å². The smallest absolute Gasteiger partial charge is 0.191 e. The molecule has 5 nitrogen and oxygen atoms in total. The van der Waals surface area contributed by atoms with Crippen LogP contribution in [0.4, 0.5) is 0 Å². The number of guanidine groups is 1. The number of rotatable bonds is 6. The molecule has 0 atom stereocenters. The van der Waals surface area contributed by atoms with E-state index < -0.39 is 0 Å². The van der Waals surface area contributed by atoms with Gasteiger partial charge in [0.1, 0.15) is 0 Å². The van der Waals surface area contributed by atoms with Gasteiger partial charge in [-0.3, -0.25) is 4.99 Å². The molecule has 2 N–H and O–H groups in total. The van der Waals surface area contributed by atoms with Crippen LogP contribution in [0.2, 0.25) is 5.02 Å². The Morgan fingerprint density at radius 1 is 1.04 bits per heavy atom. The van der Waals surface area contributed by atoms with Gasteiger partial charge in [0.05, 0.1) is 11.9 Å². The van der Waals surface area contributed by atoms with Crippen LogP contribution in [0.3, 0.4) is 0 Å². The lowest BCUT2D eigenvalue weighted by Crippen LogP contribution is -2.37. The van der Waals surface area contributed by atoms with E-state index in [0.717, 1.165) is 35.2 Å². The zero-order valence-corrected chi connectivity index (χ0v) is 15.4. The first-order valence-electron chi connectivity index (χ1n) is 8.52. The van der Waals surface area contributed by atoms with Crippen molar-refractivity contribution in [2.24, 2.45) is 4.99 Å². The molecule has 26 heavy (non-hydrogen) atoms. The highest BCUT2D eigenvalue weighted by molar-refractivity contribution is 6.30. The second kappa shape index (κ2) is 9.06. The fourth-order valence-electron chi connectivity index (χ4n) is 2.56. The van der Waals surface area contributed by atoms with Gasteiger partial charge in [0, 0.05) is 36.9 Å². The van der Waals surface area contributed by atoms with Crippen LogP contribution in [-0.2, 0) is 13.0 Å². The second-order valence-electron chi connectivity index (χ2n) is 5.86. The van der Waals surface area contributed by atoms with E-state index in [1.165, 1.54) is 5.56 Å². The van der Waals surface area contributed by atoms with Crippen LogP contribution >= 0.6 is 11.6 Å². The molecule has 0 radical (unpaired) electrons. The average Bonchev–Trinajstić information content (AvgIpc) is 3.16. The summed E-state index contributed by atoms with van der Waals surface area (Å²) in [6, 6.07) is 18.0. The molecule has 1 aromatic heterocycles. The predicted octanol–water partition coefficient (Wildman–Crippen LogP) is 3.43.